The minimum Gasteiger partial charge on any atom is -0.317 e. The van der Waals surface area contributed by atoms with Gasteiger partial charge in [-0.2, -0.15) is 0 Å². The van der Waals surface area contributed by atoms with E-state index in [1.165, 1.54) is 17.8 Å². The fraction of sp³-hybridized carbons (Fsp3) is 0.500. The first-order chi connectivity index (χ1) is 7.74. The first kappa shape index (κ1) is 11.9. The van der Waals surface area contributed by atoms with Crippen LogP contribution < -0.4 is 5.32 Å². The Morgan fingerprint density at radius 3 is 2.56 bits per heavy atom. The number of hydrogen-bond acceptors (Lipinski definition) is 2. The van der Waals surface area contributed by atoms with E-state index in [1.807, 2.05) is 0 Å². The Kier molecular flexibility index (Phi) is 3.82. The van der Waals surface area contributed by atoms with Crippen molar-refractivity contribution in [1.82, 2.24) is 5.32 Å². The van der Waals surface area contributed by atoms with Gasteiger partial charge in [0, 0.05) is 4.90 Å². The fourth-order valence-electron chi connectivity index (χ4n) is 2.21. The highest BCUT2D eigenvalue weighted by Gasteiger charge is 2.21. The zero-order valence-corrected chi connectivity index (χ0v) is 10.0. The van der Waals surface area contributed by atoms with Gasteiger partial charge in [0.2, 0.25) is 0 Å². The number of nitrogens with one attached hydrogen (secondary N) is 1. The van der Waals surface area contributed by atoms with Gasteiger partial charge in [0.05, 0.1) is 0 Å². The van der Waals surface area contributed by atoms with Crippen LogP contribution in [0.4, 0.5) is 8.78 Å². The first-order valence-electron chi connectivity index (χ1n) is 5.46. The van der Waals surface area contributed by atoms with Crippen molar-refractivity contribution < 1.29 is 8.78 Å². The lowest BCUT2D eigenvalue weighted by atomic mass is 9.90. The Hall–Kier alpha value is -0.610. The molecule has 88 valence electrons. The van der Waals surface area contributed by atoms with Crippen molar-refractivity contribution in [1.29, 1.82) is 0 Å². The number of piperidine rings is 1. The molecule has 1 aromatic rings. The van der Waals surface area contributed by atoms with Crippen LogP contribution >= 0.6 is 11.8 Å². The molecule has 0 radical (unpaired) electrons. The number of hydrogen-bond donors (Lipinski definition) is 1. The van der Waals surface area contributed by atoms with Crippen LogP contribution in [0, 0.1) is 11.6 Å². The lowest BCUT2D eigenvalue weighted by Gasteiger charge is -2.24. The SMILES string of the molecule is CSc1c(C2CCNCC2)ccc(F)c1F. The molecule has 1 aromatic carbocycles. The molecule has 0 saturated carbocycles. The lowest BCUT2D eigenvalue weighted by molar-refractivity contribution is 0.442. The summed E-state index contributed by atoms with van der Waals surface area (Å²) < 4.78 is 26.7. The van der Waals surface area contributed by atoms with Gasteiger partial charge in [-0.25, -0.2) is 8.78 Å². The summed E-state index contributed by atoms with van der Waals surface area (Å²) in [6, 6.07) is 2.98. The van der Waals surface area contributed by atoms with E-state index >= 15 is 0 Å². The van der Waals surface area contributed by atoms with Crippen LogP contribution in [-0.2, 0) is 0 Å². The van der Waals surface area contributed by atoms with E-state index in [4.69, 9.17) is 0 Å². The Morgan fingerprint density at radius 1 is 1.25 bits per heavy atom. The average molecular weight is 243 g/mol. The minimum absolute atomic E-state index is 0.360. The number of thioether (sulfide) groups is 1. The molecule has 1 fully saturated rings. The van der Waals surface area contributed by atoms with E-state index in [0.29, 0.717) is 10.8 Å². The van der Waals surface area contributed by atoms with Gasteiger partial charge in [-0.15, -0.1) is 11.8 Å². The van der Waals surface area contributed by atoms with Crippen LogP contribution in [0.3, 0.4) is 0 Å². The van der Waals surface area contributed by atoms with Gasteiger partial charge >= 0.3 is 0 Å². The van der Waals surface area contributed by atoms with Crippen molar-refractivity contribution >= 4 is 11.8 Å². The molecule has 4 heteroatoms. The minimum atomic E-state index is -0.748. The highest BCUT2D eigenvalue weighted by atomic mass is 32.2. The predicted molar refractivity (Wildman–Crippen MR) is 63.0 cm³/mol. The second-order valence-corrected chi connectivity index (χ2v) is 4.82. The van der Waals surface area contributed by atoms with E-state index in [9.17, 15) is 8.78 Å². The molecule has 16 heavy (non-hydrogen) atoms. The zero-order chi connectivity index (χ0) is 11.5. The second kappa shape index (κ2) is 5.15. The highest BCUT2D eigenvalue weighted by molar-refractivity contribution is 7.98. The first-order valence-corrected chi connectivity index (χ1v) is 6.69. The zero-order valence-electron chi connectivity index (χ0n) is 9.22. The Morgan fingerprint density at radius 2 is 1.94 bits per heavy atom. The van der Waals surface area contributed by atoms with E-state index in [0.717, 1.165) is 31.5 Å². The fourth-order valence-corrected chi connectivity index (χ4v) is 2.96. The maximum atomic E-state index is 13.6. The average Bonchev–Trinajstić information content (AvgIpc) is 2.33. The summed E-state index contributed by atoms with van der Waals surface area (Å²) in [4.78, 5) is 0.479. The molecule has 1 N–H and O–H groups in total. The molecule has 1 aliphatic rings. The summed E-state index contributed by atoms with van der Waals surface area (Å²) in [6.07, 6.45) is 3.79. The smallest absolute Gasteiger partial charge is 0.172 e. The van der Waals surface area contributed by atoms with Crippen LogP contribution in [0.1, 0.15) is 24.3 Å². The standard InChI is InChI=1S/C12H15F2NS/c1-16-12-9(2-3-10(13)11(12)14)8-4-6-15-7-5-8/h2-3,8,15H,4-7H2,1H3. The van der Waals surface area contributed by atoms with E-state index in [1.54, 1.807) is 12.3 Å². The Balaban J connectivity index is 2.35. The predicted octanol–water partition coefficient (Wildman–Crippen LogP) is 3.15. The molecule has 0 aromatic heterocycles. The quantitative estimate of drug-likeness (QED) is 0.801. The molecule has 0 spiro atoms. The summed E-state index contributed by atoms with van der Waals surface area (Å²) in [5.41, 5.74) is 0.966. The Bertz CT molecular complexity index is 376. The van der Waals surface area contributed by atoms with Gasteiger partial charge in [-0.1, -0.05) is 6.07 Å². The third-order valence-electron chi connectivity index (χ3n) is 3.06. The van der Waals surface area contributed by atoms with Crippen LogP contribution in [0.15, 0.2) is 17.0 Å². The van der Waals surface area contributed by atoms with E-state index in [2.05, 4.69) is 5.32 Å². The van der Waals surface area contributed by atoms with Gasteiger partial charge in [0.25, 0.3) is 0 Å². The van der Waals surface area contributed by atoms with E-state index in [-0.39, 0.29) is 0 Å². The summed E-state index contributed by atoms with van der Waals surface area (Å²) in [7, 11) is 0. The molecular weight excluding hydrogens is 228 g/mol. The molecule has 0 unspecified atom stereocenters. The highest BCUT2D eigenvalue weighted by Crippen LogP contribution is 2.35. The van der Waals surface area contributed by atoms with Crippen LogP contribution in [0.5, 0.6) is 0 Å². The van der Waals surface area contributed by atoms with Crippen molar-refractivity contribution in [3.63, 3.8) is 0 Å². The second-order valence-electron chi connectivity index (χ2n) is 4.01. The van der Waals surface area contributed by atoms with Gasteiger partial charge < -0.3 is 5.32 Å². The van der Waals surface area contributed by atoms with E-state index < -0.39 is 11.6 Å². The maximum Gasteiger partial charge on any atom is 0.172 e. The lowest BCUT2D eigenvalue weighted by Crippen LogP contribution is -2.27. The van der Waals surface area contributed by atoms with Gasteiger partial charge in [-0.3, -0.25) is 0 Å². The molecule has 2 rings (SSSR count). The van der Waals surface area contributed by atoms with Gasteiger partial charge in [-0.05, 0) is 49.7 Å². The third kappa shape index (κ3) is 2.23. The molecule has 0 bridgehead atoms. The van der Waals surface area contributed by atoms with Gasteiger partial charge in [0.15, 0.2) is 11.6 Å². The maximum absolute atomic E-state index is 13.6. The molecule has 0 amide bonds. The van der Waals surface area contributed by atoms with Crippen LogP contribution in [0.25, 0.3) is 0 Å². The van der Waals surface area contributed by atoms with Crippen molar-refractivity contribution in [2.45, 2.75) is 23.7 Å². The van der Waals surface area contributed by atoms with Gasteiger partial charge in [0.1, 0.15) is 0 Å². The van der Waals surface area contributed by atoms with Crippen molar-refractivity contribution in [3.8, 4) is 0 Å². The molecule has 0 aliphatic carbocycles. The van der Waals surface area contributed by atoms with Crippen LogP contribution in [-0.4, -0.2) is 19.3 Å². The topological polar surface area (TPSA) is 12.0 Å². The summed E-state index contributed by atoms with van der Waals surface area (Å²) in [6.45, 7) is 1.91. The van der Waals surface area contributed by atoms with Crippen molar-refractivity contribution in [2.75, 3.05) is 19.3 Å². The molecule has 1 aliphatic heterocycles. The normalized spacial score (nSPS) is 17.7. The number of halogens is 2. The summed E-state index contributed by atoms with van der Waals surface area (Å²) in [5.74, 6) is -1.08. The summed E-state index contributed by atoms with van der Waals surface area (Å²) >= 11 is 1.29. The number of benzene rings is 1. The third-order valence-corrected chi connectivity index (χ3v) is 3.89. The summed E-state index contributed by atoms with van der Waals surface area (Å²) in [5, 5.41) is 3.27. The molecule has 1 heterocycles. The van der Waals surface area contributed by atoms with Crippen molar-refractivity contribution in [3.05, 3.63) is 29.3 Å². The molecule has 1 nitrogen and oxygen atoms in total. The van der Waals surface area contributed by atoms with Crippen LogP contribution in [0.2, 0.25) is 0 Å². The molecule has 1 saturated heterocycles. The Labute approximate surface area is 98.6 Å². The number of rotatable bonds is 2. The van der Waals surface area contributed by atoms with Crippen molar-refractivity contribution in [2.24, 2.45) is 0 Å². The molecular formula is C12H15F2NS. The monoisotopic (exact) mass is 243 g/mol. The largest absolute Gasteiger partial charge is 0.317 e. The molecule has 0 atom stereocenters.